The summed E-state index contributed by atoms with van der Waals surface area (Å²) in [6.07, 6.45) is -0.869. The van der Waals surface area contributed by atoms with Gasteiger partial charge in [-0.3, -0.25) is 0 Å². The Hall–Kier alpha value is -0.800. The van der Waals surface area contributed by atoms with E-state index in [4.69, 9.17) is 34.8 Å². The van der Waals surface area contributed by atoms with E-state index in [0.717, 1.165) is 0 Å². The fourth-order valence-corrected chi connectivity index (χ4v) is 2.36. The number of hydrogen-bond donors (Lipinski definition) is 1. The number of benzene rings is 2. The first kappa shape index (κ1) is 14.6. The average Bonchev–Trinajstić information content (AvgIpc) is 2.36. The van der Waals surface area contributed by atoms with Gasteiger partial charge in [0.15, 0.2) is 0 Å². The quantitative estimate of drug-likeness (QED) is 0.838. The zero-order valence-corrected chi connectivity index (χ0v) is 12.0. The number of halogens is 4. The van der Waals surface area contributed by atoms with E-state index in [9.17, 15) is 9.50 Å². The van der Waals surface area contributed by atoms with Crippen molar-refractivity contribution >= 4 is 34.8 Å². The average molecular weight is 320 g/mol. The molecule has 0 aliphatic rings. The maximum Gasteiger partial charge on any atom is 0.129 e. The van der Waals surface area contributed by atoms with Crippen LogP contribution >= 0.6 is 34.8 Å². The van der Waals surface area contributed by atoms with Crippen LogP contribution in [0.25, 0.3) is 0 Å². The minimum atomic E-state index is -1.03. The summed E-state index contributed by atoms with van der Waals surface area (Å²) >= 11 is 17.7. The number of aliphatic hydroxyl groups excluding tert-OH is 1. The summed E-state index contributed by atoms with van der Waals surface area (Å²) < 4.78 is 13.6. The lowest BCUT2D eigenvalue weighted by Crippen LogP contribution is -2.05. The van der Waals surface area contributed by atoms with Crippen molar-refractivity contribution in [2.45, 2.75) is 12.5 Å². The van der Waals surface area contributed by atoms with Crippen molar-refractivity contribution in [3.05, 3.63) is 68.4 Å². The maximum atomic E-state index is 13.6. The minimum absolute atomic E-state index is 0.142. The summed E-state index contributed by atoms with van der Waals surface area (Å²) in [7, 11) is 0. The first-order valence-electron chi connectivity index (χ1n) is 5.54. The summed E-state index contributed by atoms with van der Waals surface area (Å²) in [6, 6.07) is 9.00. The normalized spacial score (nSPS) is 12.5. The Morgan fingerprint density at radius 2 is 1.63 bits per heavy atom. The molecular formula is C14H10Cl3FO. The Bertz CT molecular complexity index is 601. The van der Waals surface area contributed by atoms with Crippen LogP contribution in [0.2, 0.25) is 15.1 Å². The maximum absolute atomic E-state index is 13.6. The van der Waals surface area contributed by atoms with Gasteiger partial charge in [0.25, 0.3) is 0 Å². The third kappa shape index (κ3) is 3.61. The molecule has 100 valence electrons. The van der Waals surface area contributed by atoms with Gasteiger partial charge in [0.1, 0.15) is 5.82 Å². The molecule has 1 nitrogen and oxygen atoms in total. The van der Waals surface area contributed by atoms with Crippen LogP contribution in [0.3, 0.4) is 0 Å². The van der Waals surface area contributed by atoms with Crippen molar-refractivity contribution in [3.63, 3.8) is 0 Å². The van der Waals surface area contributed by atoms with Crippen LogP contribution in [0.4, 0.5) is 4.39 Å². The van der Waals surface area contributed by atoms with Crippen LogP contribution in [0.1, 0.15) is 17.2 Å². The highest BCUT2D eigenvalue weighted by atomic mass is 35.5. The Kier molecular flexibility index (Phi) is 4.69. The molecule has 5 heteroatoms. The molecule has 2 aromatic carbocycles. The summed E-state index contributed by atoms with van der Waals surface area (Å²) in [5.41, 5.74) is 0.796. The largest absolute Gasteiger partial charge is 0.388 e. The van der Waals surface area contributed by atoms with Gasteiger partial charge in [0, 0.05) is 27.1 Å². The molecule has 0 aliphatic carbocycles. The second-order valence-corrected chi connectivity index (χ2v) is 5.40. The van der Waals surface area contributed by atoms with Crippen LogP contribution in [-0.4, -0.2) is 5.11 Å². The van der Waals surface area contributed by atoms with Crippen molar-refractivity contribution < 1.29 is 9.50 Å². The number of rotatable bonds is 3. The molecule has 1 N–H and O–H groups in total. The molecule has 0 bridgehead atoms. The molecule has 2 aromatic rings. The van der Waals surface area contributed by atoms with E-state index in [0.29, 0.717) is 20.6 Å². The van der Waals surface area contributed by atoms with E-state index in [1.807, 2.05) is 0 Å². The second kappa shape index (κ2) is 6.10. The fraction of sp³-hybridized carbons (Fsp3) is 0.143. The van der Waals surface area contributed by atoms with Crippen LogP contribution < -0.4 is 0 Å². The molecule has 0 saturated heterocycles. The monoisotopic (exact) mass is 318 g/mol. The number of hydrogen-bond acceptors (Lipinski definition) is 1. The Labute approximate surface area is 125 Å². The van der Waals surface area contributed by atoms with Crippen LogP contribution in [-0.2, 0) is 6.42 Å². The molecule has 2 rings (SSSR count). The molecule has 1 unspecified atom stereocenters. The highest BCUT2D eigenvalue weighted by Gasteiger charge is 2.15. The van der Waals surface area contributed by atoms with Crippen LogP contribution in [0.15, 0.2) is 36.4 Å². The second-order valence-electron chi connectivity index (χ2n) is 4.12. The van der Waals surface area contributed by atoms with Crippen molar-refractivity contribution in [3.8, 4) is 0 Å². The fourth-order valence-electron chi connectivity index (χ4n) is 1.79. The number of aliphatic hydroxyl groups is 1. The molecule has 0 fully saturated rings. The van der Waals surface area contributed by atoms with Crippen molar-refractivity contribution in [1.82, 2.24) is 0 Å². The predicted molar refractivity (Wildman–Crippen MR) is 76.5 cm³/mol. The van der Waals surface area contributed by atoms with E-state index in [-0.39, 0.29) is 12.0 Å². The first-order chi connectivity index (χ1) is 8.97. The lowest BCUT2D eigenvalue weighted by molar-refractivity contribution is 0.173. The SMILES string of the molecule is OC(Cc1cc(Cl)ccc1Cl)c1cc(Cl)ccc1F. The van der Waals surface area contributed by atoms with Gasteiger partial charge in [0.2, 0.25) is 0 Å². The Morgan fingerprint density at radius 1 is 1.00 bits per heavy atom. The molecular weight excluding hydrogens is 310 g/mol. The minimum Gasteiger partial charge on any atom is -0.388 e. The summed E-state index contributed by atoms with van der Waals surface area (Å²) in [4.78, 5) is 0. The van der Waals surface area contributed by atoms with Gasteiger partial charge in [0.05, 0.1) is 6.10 Å². The van der Waals surface area contributed by atoms with Gasteiger partial charge in [-0.15, -0.1) is 0 Å². The molecule has 0 amide bonds. The van der Waals surface area contributed by atoms with Crippen LogP contribution in [0, 0.1) is 5.82 Å². The van der Waals surface area contributed by atoms with E-state index in [1.54, 1.807) is 18.2 Å². The van der Waals surface area contributed by atoms with E-state index < -0.39 is 11.9 Å². The molecule has 0 saturated carbocycles. The predicted octanol–water partition coefficient (Wildman–Crippen LogP) is 5.06. The Balaban J connectivity index is 2.27. The van der Waals surface area contributed by atoms with Gasteiger partial charge in [-0.2, -0.15) is 0 Å². The third-order valence-corrected chi connectivity index (χ3v) is 3.58. The lowest BCUT2D eigenvalue weighted by atomic mass is 10.0. The van der Waals surface area contributed by atoms with Gasteiger partial charge in [-0.1, -0.05) is 34.8 Å². The highest BCUT2D eigenvalue weighted by Crippen LogP contribution is 2.28. The van der Waals surface area contributed by atoms with Crippen molar-refractivity contribution in [1.29, 1.82) is 0 Å². The molecule has 0 aromatic heterocycles. The van der Waals surface area contributed by atoms with Gasteiger partial charge in [-0.25, -0.2) is 4.39 Å². The highest BCUT2D eigenvalue weighted by molar-refractivity contribution is 6.33. The first-order valence-corrected chi connectivity index (χ1v) is 6.67. The zero-order chi connectivity index (χ0) is 14.0. The van der Waals surface area contributed by atoms with Gasteiger partial charge in [-0.05, 0) is 42.0 Å². The van der Waals surface area contributed by atoms with Crippen molar-refractivity contribution in [2.24, 2.45) is 0 Å². The molecule has 19 heavy (non-hydrogen) atoms. The molecule has 0 heterocycles. The molecule has 0 radical (unpaired) electrons. The van der Waals surface area contributed by atoms with Gasteiger partial charge >= 0.3 is 0 Å². The summed E-state index contributed by atoms with van der Waals surface area (Å²) in [6.45, 7) is 0. The van der Waals surface area contributed by atoms with E-state index >= 15 is 0 Å². The van der Waals surface area contributed by atoms with Crippen LogP contribution in [0.5, 0.6) is 0 Å². The molecule has 0 spiro atoms. The third-order valence-electron chi connectivity index (χ3n) is 2.74. The smallest absolute Gasteiger partial charge is 0.129 e. The summed E-state index contributed by atoms with van der Waals surface area (Å²) in [5, 5.41) is 11.5. The van der Waals surface area contributed by atoms with Crippen molar-refractivity contribution in [2.75, 3.05) is 0 Å². The molecule has 0 aliphatic heterocycles. The van der Waals surface area contributed by atoms with E-state index in [1.165, 1.54) is 18.2 Å². The van der Waals surface area contributed by atoms with Gasteiger partial charge < -0.3 is 5.11 Å². The molecule has 1 atom stereocenters. The summed E-state index contributed by atoms with van der Waals surface area (Å²) in [5.74, 6) is -0.505. The zero-order valence-electron chi connectivity index (χ0n) is 9.71. The van der Waals surface area contributed by atoms with E-state index in [2.05, 4.69) is 0 Å². The Morgan fingerprint density at radius 3 is 2.37 bits per heavy atom. The topological polar surface area (TPSA) is 20.2 Å². The standard InChI is InChI=1S/C14H10Cl3FO/c15-9-1-3-12(17)8(5-9)6-14(19)11-7-10(16)2-4-13(11)18/h1-5,7,14,19H,6H2. The lowest BCUT2D eigenvalue weighted by Gasteiger charge is -2.13.